The molecule has 0 aliphatic carbocycles. The molecule has 1 fully saturated rings. The lowest BCUT2D eigenvalue weighted by Crippen LogP contribution is -2.50. The highest BCUT2D eigenvalue weighted by atomic mass is 127. The molecule has 1 saturated heterocycles. The minimum Gasteiger partial charge on any atom is -0.480 e. The fourth-order valence-electron chi connectivity index (χ4n) is 2.23. The Hall–Kier alpha value is -0.660. The monoisotopic (exact) mass is 361 g/mol. The van der Waals surface area contributed by atoms with Crippen molar-refractivity contribution in [2.24, 2.45) is 0 Å². The van der Waals surface area contributed by atoms with Gasteiger partial charge in [-0.05, 0) is 47.2 Å². The molecule has 0 radical (unpaired) electrons. The van der Waals surface area contributed by atoms with Gasteiger partial charge >= 0.3 is 5.97 Å². The number of nitrogens with zero attached hydrogens (tertiary/aromatic N) is 1. The van der Waals surface area contributed by atoms with E-state index in [-0.39, 0.29) is 12.6 Å². The zero-order valence-corrected chi connectivity index (χ0v) is 12.3. The summed E-state index contributed by atoms with van der Waals surface area (Å²) in [7, 11) is 0. The van der Waals surface area contributed by atoms with Gasteiger partial charge < -0.3 is 9.84 Å². The van der Waals surface area contributed by atoms with Crippen molar-refractivity contribution in [3.05, 3.63) is 33.4 Å². The van der Waals surface area contributed by atoms with E-state index in [9.17, 15) is 9.90 Å². The van der Waals surface area contributed by atoms with E-state index in [0.29, 0.717) is 13.2 Å². The van der Waals surface area contributed by atoms with Gasteiger partial charge in [-0.2, -0.15) is 0 Å². The molecule has 1 aromatic rings. The van der Waals surface area contributed by atoms with E-state index in [4.69, 9.17) is 4.74 Å². The van der Waals surface area contributed by atoms with Gasteiger partial charge in [-0.3, -0.25) is 9.69 Å². The molecule has 4 nitrogen and oxygen atoms in total. The molecule has 2 atom stereocenters. The second-order valence-corrected chi connectivity index (χ2v) is 5.64. The standard InChI is InChI=1S/C13H16INO3/c1-9(10-2-4-11(14)5-3-10)15-6-7-18-8-12(15)13(16)17/h2-5,9,12H,6-8H2,1H3,(H,16,17). The Balaban J connectivity index is 2.17. The second-order valence-electron chi connectivity index (χ2n) is 4.39. The highest BCUT2D eigenvalue weighted by molar-refractivity contribution is 14.1. The molecule has 1 aliphatic heterocycles. The summed E-state index contributed by atoms with van der Waals surface area (Å²) in [5.41, 5.74) is 1.14. The first-order valence-electron chi connectivity index (χ1n) is 5.91. The average molecular weight is 361 g/mol. The highest BCUT2D eigenvalue weighted by Crippen LogP contribution is 2.25. The van der Waals surface area contributed by atoms with Crippen LogP contribution in [0.1, 0.15) is 18.5 Å². The molecule has 18 heavy (non-hydrogen) atoms. The largest absolute Gasteiger partial charge is 0.480 e. The van der Waals surface area contributed by atoms with Crippen molar-refractivity contribution < 1.29 is 14.6 Å². The van der Waals surface area contributed by atoms with Gasteiger partial charge in [0.25, 0.3) is 0 Å². The summed E-state index contributed by atoms with van der Waals surface area (Å²) >= 11 is 2.26. The molecular formula is C13H16INO3. The zero-order valence-electron chi connectivity index (χ0n) is 10.2. The number of aliphatic carboxylic acids is 1. The van der Waals surface area contributed by atoms with Crippen LogP contribution in [0.4, 0.5) is 0 Å². The third kappa shape index (κ3) is 3.02. The Labute approximate surface area is 120 Å². The van der Waals surface area contributed by atoms with E-state index in [1.807, 2.05) is 24.0 Å². The topological polar surface area (TPSA) is 49.8 Å². The first kappa shape index (κ1) is 13.8. The number of rotatable bonds is 3. The Morgan fingerprint density at radius 3 is 2.78 bits per heavy atom. The summed E-state index contributed by atoms with van der Waals surface area (Å²) in [5, 5.41) is 9.23. The van der Waals surface area contributed by atoms with E-state index in [1.54, 1.807) is 0 Å². The van der Waals surface area contributed by atoms with E-state index in [2.05, 4.69) is 34.7 Å². The van der Waals surface area contributed by atoms with Crippen LogP contribution in [0.25, 0.3) is 0 Å². The number of carboxylic acid groups (broad SMARTS) is 1. The lowest BCUT2D eigenvalue weighted by molar-refractivity contribution is -0.151. The second kappa shape index (κ2) is 5.99. The molecule has 2 rings (SSSR count). The Bertz CT molecular complexity index is 421. The third-order valence-electron chi connectivity index (χ3n) is 3.30. The molecule has 0 spiro atoms. The number of ether oxygens (including phenoxy) is 1. The number of carbonyl (C=O) groups is 1. The lowest BCUT2D eigenvalue weighted by atomic mass is 10.0. The lowest BCUT2D eigenvalue weighted by Gasteiger charge is -2.37. The van der Waals surface area contributed by atoms with Crippen LogP contribution in [0.5, 0.6) is 0 Å². The predicted molar refractivity (Wildman–Crippen MR) is 76.5 cm³/mol. The van der Waals surface area contributed by atoms with Crippen molar-refractivity contribution in [1.82, 2.24) is 4.90 Å². The maximum absolute atomic E-state index is 11.2. The zero-order chi connectivity index (χ0) is 13.1. The molecule has 1 aromatic carbocycles. The summed E-state index contributed by atoms with van der Waals surface area (Å²) in [6, 6.07) is 7.74. The smallest absolute Gasteiger partial charge is 0.323 e. The van der Waals surface area contributed by atoms with E-state index in [1.165, 1.54) is 3.57 Å². The van der Waals surface area contributed by atoms with Crippen molar-refractivity contribution in [1.29, 1.82) is 0 Å². The van der Waals surface area contributed by atoms with Gasteiger partial charge in [-0.25, -0.2) is 0 Å². The van der Waals surface area contributed by atoms with Crippen molar-refractivity contribution >= 4 is 28.6 Å². The van der Waals surface area contributed by atoms with Crippen LogP contribution in [0.3, 0.4) is 0 Å². The SMILES string of the molecule is CC(c1ccc(I)cc1)N1CCOCC1C(=O)O. The Morgan fingerprint density at radius 2 is 2.17 bits per heavy atom. The molecule has 0 bridgehead atoms. The molecule has 5 heteroatoms. The van der Waals surface area contributed by atoms with Gasteiger partial charge in [0, 0.05) is 16.2 Å². The maximum Gasteiger partial charge on any atom is 0.323 e. The van der Waals surface area contributed by atoms with Crippen LogP contribution < -0.4 is 0 Å². The van der Waals surface area contributed by atoms with Crippen LogP contribution in [-0.4, -0.2) is 41.8 Å². The van der Waals surface area contributed by atoms with Crippen LogP contribution >= 0.6 is 22.6 Å². The summed E-state index contributed by atoms with van der Waals surface area (Å²) in [4.78, 5) is 13.2. The number of hydrogen-bond donors (Lipinski definition) is 1. The van der Waals surface area contributed by atoms with E-state index >= 15 is 0 Å². The third-order valence-corrected chi connectivity index (χ3v) is 4.02. The predicted octanol–water partition coefficient (Wildman–Crippen LogP) is 2.14. The Kier molecular flexibility index (Phi) is 4.58. The van der Waals surface area contributed by atoms with Gasteiger partial charge in [0.2, 0.25) is 0 Å². The van der Waals surface area contributed by atoms with Crippen molar-refractivity contribution in [3.63, 3.8) is 0 Å². The Morgan fingerprint density at radius 1 is 1.50 bits per heavy atom. The molecule has 0 amide bonds. The highest BCUT2D eigenvalue weighted by Gasteiger charge is 2.32. The van der Waals surface area contributed by atoms with Gasteiger partial charge in [0.15, 0.2) is 0 Å². The van der Waals surface area contributed by atoms with Crippen molar-refractivity contribution in [2.45, 2.75) is 19.0 Å². The fourth-order valence-corrected chi connectivity index (χ4v) is 2.59. The fraction of sp³-hybridized carbons (Fsp3) is 0.462. The minimum absolute atomic E-state index is 0.0898. The quantitative estimate of drug-likeness (QED) is 0.839. The first-order valence-corrected chi connectivity index (χ1v) is 6.99. The molecule has 1 heterocycles. The summed E-state index contributed by atoms with van der Waals surface area (Å²) in [6.07, 6.45) is 0. The molecule has 2 unspecified atom stereocenters. The summed E-state index contributed by atoms with van der Waals surface area (Å²) in [5.74, 6) is -0.813. The van der Waals surface area contributed by atoms with Crippen LogP contribution in [0.15, 0.2) is 24.3 Å². The maximum atomic E-state index is 11.2. The number of benzene rings is 1. The molecular weight excluding hydrogens is 345 g/mol. The van der Waals surface area contributed by atoms with Gasteiger partial charge in [0.05, 0.1) is 13.2 Å². The number of hydrogen-bond acceptors (Lipinski definition) is 3. The number of carboxylic acids is 1. The summed E-state index contributed by atoms with van der Waals surface area (Å²) < 4.78 is 6.44. The van der Waals surface area contributed by atoms with Gasteiger partial charge in [-0.15, -0.1) is 0 Å². The summed E-state index contributed by atoms with van der Waals surface area (Å²) in [6.45, 7) is 3.57. The average Bonchev–Trinajstić information content (AvgIpc) is 2.39. The molecule has 0 aromatic heterocycles. The number of halogens is 1. The van der Waals surface area contributed by atoms with Crippen LogP contribution in [-0.2, 0) is 9.53 Å². The molecule has 0 saturated carbocycles. The van der Waals surface area contributed by atoms with E-state index in [0.717, 1.165) is 5.56 Å². The first-order chi connectivity index (χ1) is 8.59. The van der Waals surface area contributed by atoms with Gasteiger partial charge in [-0.1, -0.05) is 12.1 Å². The molecule has 1 aliphatic rings. The molecule has 1 N–H and O–H groups in total. The van der Waals surface area contributed by atoms with E-state index < -0.39 is 12.0 Å². The van der Waals surface area contributed by atoms with Crippen molar-refractivity contribution in [2.75, 3.05) is 19.8 Å². The normalized spacial score (nSPS) is 22.7. The van der Waals surface area contributed by atoms with Crippen LogP contribution in [0.2, 0.25) is 0 Å². The number of morpholine rings is 1. The van der Waals surface area contributed by atoms with Gasteiger partial charge in [0.1, 0.15) is 6.04 Å². The minimum atomic E-state index is -0.813. The molecule has 98 valence electrons. The van der Waals surface area contributed by atoms with Crippen molar-refractivity contribution in [3.8, 4) is 0 Å². The van der Waals surface area contributed by atoms with Crippen LogP contribution in [0, 0.1) is 3.57 Å².